The van der Waals surface area contributed by atoms with Crippen LogP contribution in [0.1, 0.15) is 33.4 Å². The number of halogens is 1. The Labute approximate surface area is 182 Å². The Bertz CT molecular complexity index is 1150. The SMILES string of the molecule is Cc1cc(C)cc(Cc2ccccc2/C=C(\C#N)C(=O)Nc2ccc(C)c(Cl)c2)c1. The van der Waals surface area contributed by atoms with Crippen molar-refractivity contribution in [2.75, 3.05) is 5.32 Å². The standard InChI is InChI=1S/C26H23ClN2O/c1-17-10-18(2)12-20(11-17)13-21-6-4-5-7-22(21)14-23(16-28)26(30)29-24-9-8-19(3)25(27)15-24/h4-12,14-15H,13H2,1-3H3,(H,29,30)/b23-14+. The minimum atomic E-state index is -0.460. The summed E-state index contributed by atoms with van der Waals surface area (Å²) in [5, 5.41) is 12.9. The highest BCUT2D eigenvalue weighted by atomic mass is 35.5. The zero-order valence-corrected chi connectivity index (χ0v) is 18.0. The normalized spacial score (nSPS) is 11.1. The van der Waals surface area contributed by atoms with Crippen molar-refractivity contribution in [1.82, 2.24) is 0 Å². The second-order valence-corrected chi connectivity index (χ2v) is 7.87. The van der Waals surface area contributed by atoms with Crippen molar-refractivity contribution >= 4 is 29.3 Å². The van der Waals surface area contributed by atoms with Crippen molar-refractivity contribution < 1.29 is 4.79 Å². The average molecular weight is 415 g/mol. The molecule has 0 aliphatic rings. The van der Waals surface area contributed by atoms with Crippen LogP contribution >= 0.6 is 11.6 Å². The molecule has 1 amide bonds. The van der Waals surface area contributed by atoms with Crippen molar-refractivity contribution in [2.24, 2.45) is 0 Å². The number of carbonyl (C=O) groups excluding carboxylic acids is 1. The Morgan fingerprint density at radius 2 is 1.73 bits per heavy atom. The number of amides is 1. The molecule has 0 aliphatic carbocycles. The van der Waals surface area contributed by atoms with Crippen LogP contribution in [0.4, 0.5) is 5.69 Å². The molecule has 3 rings (SSSR count). The van der Waals surface area contributed by atoms with E-state index >= 15 is 0 Å². The van der Waals surface area contributed by atoms with Gasteiger partial charge in [-0.25, -0.2) is 0 Å². The van der Waals surface area contributed by atoms with Gasteiger partial charge in [0.1, 0.15) is 11.6 Å². The van der Waals surface area contributed by atoms with Crippen LogP contribution in [-0.4, -0.2) is 5.91 Å². The van der Waals surface area contributed by atoms with Crippen LogP contribution in [0.25, 0.3) is 6.08 Å². The Hall–Kier alpha value is -3.35. The van der Waals surface area contributed by atoms with Crippen molar-refractivity contribution in [3.63, 3.8) is 0 Å². The summed E-state index contributed by atoms with van der Waals surface area (Å²) in [7, 11) is 0. The maximum absolute atomic E-state index is 12.7. The third kappa shape index (κ3) is 5.37. The first-order valence-electron chi connectivity index (χ1n) is 9.70. The number of hydrogen-bond acceptors (Lipinski definition) is 2. The number of nitrogens with one attached hydrogen (secondary N) is 1. The quantitative estimate of drug-likeness (QED) is 0.387. The van der Waals surface area contributed by atoms with Gasteiger partial charge in [0.25, 0.3) is 5.91 Å². The summed E-state index contributed by atoms with van der Waals surface area (Å²) < 4.78 is 0. The van der Waals surface area contributed by atoms with Crippen LogP contribution in [-0.2, 0) is 11.2 Å². The molecule has 0 spiro atoms. The summed E-state index contributed by atoms with van der Waals surface area (Å²) in [6.45, 7) is 6.05. The van der Waals surface area contributed by atoms with Gasteiger partial charge in [0, 0.05) is 10.7 Å². The molecule has 0 radical (unpaired) electrons. The molecule has 0 atom stereocenters. The van der Waals surface area contributed by atoms with Gasteiger partial charge in [-0.3, -0.25) is 4.79 Å². The van der Waals surface area contributed by atoms with E-state index in [-0.39, 0.29) is 5.57 Å². The van der Waals surface area contributed by atoms with Crippen molar-refractivity contribution in [2.45, 2.75) is 27.2 Å². The fraction of sp³-hybridized carbons (Fsp3) is 0.154. The average Bonchev–Trinajstić information content (AvgIpc) is 2.69. The monoisotopic (exact) mass is 414 g/mol. The molecule has 1 N–H and O–H groups in total. The zero-order valence-electron chi connectivity index (χ0n) is 17.3. The van der Waals surface area contributed by atoms with E-state index in [0.717, 1.165) is 23.1 Å². The highest BCUT2D eigenvalue weighted by molar-refractivity contribution is 6.31. The van der Waals surface area contributed by atoms with E-state index in [1.165, 1.54) is 16.7 Å². The minimum Gasteiger partial charge on any atom is -0.321 e. The van der Waals surface area contributed by atoms with E-state index in [4.69, 9.17) is 11.6 Å². The lowest BCUT2D eigenvalue weighted by atomic mass is 9.96. The van der Waals surface area contributed by atoms with E-state index in [0.29, 0.717) is 10.7 Å². The molecular weight excluding hydrogens is 392 g/mol. The third-order valence-electron chi connectivity index (χ3n) is 4.83. The molecule has 0 aliphatic heterocycles. The lowest BCUT2D eigenvalue weighted by molar-refractivity contribution is -0.112. The maximum Gasteiger partial charge on any atom is 0.266 e. The van der Waals surface area contributed by atoms with Gasteiger partial charge in [0.05, 0.1) is 0 Å². The fourth-order valence-corrected chi connectivity index (χ4v) is 3.58. The van der Waals surface area contributed by atoms with Crippen LogP contribution in [0.3, 0.4) is 0 Å². The van der Waals surface area contributed by atoms with Crippen LogP contribution < -0.4 is 5.32 Å². The van der Waals surface area contributed by atoms with E-state index in [1.54, 1.807) is 18.2 Å². The predicted octanol–water partition coefficient (Wildman–Crippen LogP) is 6.40. The fourth-order valence-electron chi connectivity index (χ4n) is 3.40. The van der Waals surface area contributed by atoms with Crippen LogP contribution in [0.2, 0.25) is 5.02 Å². The topological polar surface area (TPSA) is 52.9 Å². The first kappa shape index (κ1) is 21.4. The first-order valence-corrected chi connectivity index (χ1v) is 10.1. The van der Waals surface area contributed by atoms with Gasteiger partial charge in [-0.15, -0.1) is 0 Å². The van der Waals surface area contributed by atoms with Gasteiger partial charge in [-0.05, 0) is 67.7 Å². The number of hydrogen-bond donors (Lipinski definition) is 1. The molecular formula is C26H23ClN2O. The predicted molar refractivity (Wildman–Crippen MR) is 124 cm³/mol. The summed E-state index contributed by atoms with van der Waals surface area (Å²) in [4.78, 5) is 12.7. The number of nitrogens with zero attached hydrogens (tertiary/aromatic N) is 1. The van der Waals surface area contributed by atoms with Gasteiger partial charge >= 0.3 is 0 Å². The van der Waals surface area contributed by atoms with Gasteiger partial charge in [-0.1, -0.05) is 71.3 Å². The molecule has 3 aromatic carbocycles. The zero-order chi connectivity index (χ0) is 21.7. The Balaban J connectivity index is 1.87. The number of rotatable bonds is 5. The molecule has 0 aromatic heterocycles. The Morgan fingerprint density at radius 1 is 1.03 bits per heavy atom. The van der Waals surface area contributed by atoms with Crippen LogP contribution in [0.15, 0.2) is 66.2 Å². The number of benzene rings is 3. The third-order valence-corrected chi connectivity index (χ3v) is 5.23. The van der Waals surface area contributed by atoms with Crippen molar-refractivity contribution in [1.29, 1.82) is 5.26 Å². The summed E-state index contributed by atoms with van der Waals surface area (Å²) in [6, 6.07) is 21.6. The van der Waals surface area contributed by atoms with Crippen molar-refractivity contribution in [3.8, 4) is 6.07 Å². The van der Waals surface area contributed by atoms with E-state index in [9.17, 15) is 10.1 Å². The number of aryl methyl sites for hydroxylation is 3. The molecule has 3 nitrogen and oxygen atoms in total. The summed E-state index contributed by atoms with van der Waals surface area (Å²) in [5.74, 6) is -0.460. The van der Waals surface area contributed by atoms with E-state index in [1.807, 2.05) is 43.3 Å². The molecule has 30 heavy (non-hydrogen) atoms. The van der Waals surface area contributed by atoms with Crippen LogP contribution in [0.5, 0.6) is 0 Å². The maximum atomic E-state index is 12.7. The first-order chi connectivity index (χ1) is 14.4. The van der Waals surface area contributed by atoms with Crippen molar-refractivity contribution in [3.05, 3.63) is 105 Å². The van der Waals surface area contributed by atoms with Crippen LogP contribution in [0, 0.1) is 32.1 Å². The molecule has 150 valence electrons. The molecule has 4 heteroatoms. The summed E-state index contributed by atoms with van der Waals surface area (Å²) in [6.07, 6.45) is 2.37. The highest BCUT2D eigenvalue weighted by Crippen LogP contribution is 2.22. The number of nitriles is 1. The summed E-state index contributed by atoms with van der Waals surface area (Å²) >= 11 is 6.13. The molecule has 0 fully saturated rings. The second-order valence-electron chi connectivity index (χ2n) is 7.46. The smallest absolute Gasteiger partial charge is 0.266 e. The summed E-state index contributed by atoms with van der Waals surface area (Å²) in [5.41, 5.74) is 7.06. The molecule has 0 bridgehead atoms. The molecule has 0 heterocycles. The lowest BCUT2D eigenvalue weighted by Crippen LogP contribution is -2.13. The molecule has 0 saturated heterocycles. The van der Waals surface area contributed by atoms with Gasteiger partial charge in [0.15, 0.2) is 0 Å². The van der Waals surface area contributed by atoms with Gasteiger partial charge in [0.2, 0.25) is 0 Å². The minimum absolute atomic E-state index is 0.0413. The van der Waals surface area contributed by atoms with Gasteiger partial charge in [-0.2, -0.15) is 5.26 Å². The molecule has 3 aromatic rings. The molecule has 0 saturated carbocycles. The Kier molecular flexibility index (Phi) is 6.72. The lowest BCUT2D eigenvalue weighted by Gasteiger charge is -2.10. The van der Waals surface area contributed by atoms with E-state index < -0.39 is 5.91 Å². The molecule has 0 unspecified atom stereocenters. The number of carbonyl (C=O) groups is 1. The van der Waals surface area contributed by atoms with E-state index in [2.05, 4.69) is 37.4 Å². The second kappa shape index (κ2) is 9.43. The number of anilines is 1. The Morgan fingerprint density at radius 3 is 2.40 bits per heavy atom. The largest absolute Gasteiger partial charge is 0.321 e. The highest BCUT2D eigenvalue weighted by Gasteiger charge is 2.12. The van der Waals surface area contributed by atoms with Gasteiger partial charge < -0.3 is 5.32 Å².